The number of halogens is 1. The van der Waals surface area contributed by atoms with Gasteiger partial charge in [-0.15, -0.1) is 0 Å². The number of carbonyl (C=O) groups excluding carboxylic acids is 1. The van der Waals surface area contributed by atoms with Gasteiger partial charge in [0, 0.05) is 12.0 Å². The van der Waals surface area contributed by atoms with Crippen LogP contribution in [0, 0.1) is 5.82 Å². The van der Waals surface area contributed by atoms with E-state index in [0.717, 1.165) is 5.56 Å². The van der Waals surface area contributed by atoms with Crippen LogP contribution in [0.1, 0.15) is 42.3 Å². The highest BCUT2D eigenvalue weighted by atomic mass is 19.1. The molecule has 2 N–H and O–H groups in total. The molecular formula is C18H20FNO. The number of anilines is 1. The molecule has 2 nitrogen and oxygen atoms in total. The van der Waals surface area contributed by atoms with E-state index in [2.05, 4.69) is 20.8 Å². The molecule has 0 aromatic heterocycles. The summed E-state index contributed by atoms with van der Waals surface area (Å²) in [6.07, 6.45) is 0.220. The Kier molecular flexibility index (Phi) is 4.12. The second-order valence-corrected chi connectivity index (χ2v) is 6.25. The maximum atomic E-state index is 13.4. The summed E-state index contributed by atoms with van der Waals surface area (Å²) in [7, 11) is 0. The maximum Gasteiger partial charge on any atom is 0.169 e. The second kappa shape index (κ2) is 5.68. The van der Waals surface area contributed by atoms with Crippen molar-refractivity contribution >= 4 is 11.5 Å². The van der Waals surface area contributed by atoms with Gasteiger partial charge in [-0.2, -0.15) is 0 Å². The summed E-state index contributed by atoms with van der Waals surface area (Å²) in [6.45, 7) is 6.42. The predicted octanol–water partition coefficient (Wildman–Crippen LogP) is 4.13. The Hall–Kier alpha value is -2.16. The molecule has 0 radical (unpaired) electrons. The largest absolute Gasteiger partial charge is 0.396 e. The van der Waals surface area contributed by atoms with Gasteiger partial charge < -0.3 is 5.73 Å². The minimum absolute atomic E-state index is 0.0752. The van der Waals surface area contributed by atoms with E-state index in [0.29, 0.717) is 0 Å². The van der Waals surface area contributed by atoms with E-state index in [1.54, 1.807) is 6.07 Å². The van der Waals surface area contributed by atoms with Crippen LogP contribution >= 0.6 is 0 Å². The Bertz CT molecular complexity index is 654. The van der Waals surface area contributed by atoms with E-state index in [1.807, 2.05) is 24.3 Å². The molecule has 0 bridgehead atoms. The molecule has 0 saturated heterocycles. The third-order valence-corrected chi connectivity index (χ3v) is 3.54. The van der Waals surface area contributed by atoms with Crippen LogP contribution in [-0.4, -0.2) is 5.78 Å². The molecule has 0 unspecified atom stereocenters. The van der Waals surface area contributed by atoms with Crippen molar-refractivity contribution in [2.45, 2.75) is 32.6 Å². The Morgan fingerprint density at radius 1 is 1.10 bits per heavy atom. The van der Waals surface area contributed by atoms with Crippen LogP contribution in [-0.2, 0) is 11.8 Å². The predicted molar refractivity (Wildman–Crippen MR) is 84.0 cm³/mol. The fourth-order valence-electron chi connectivity index (χ4n) is 2.18. The number of nitrogens with two attached hydrogens (primary N) is 1. The minimum atomic E-state index is -0.552. The number of carbonyl (C=O) groups is 1. The van der Waals surface area contributed by atoms with Crippen molar-refractivity contribution in [1.29, 1.82) is 0 Å². The molecule has 0 aliphatic rings. The number of hydrogen-bond donors (Lipinski definition) is 1. The Labute approximate surface area is 124 Å². The van der Waals surface area contributed by atoms with E-state index in [9.17, 15) is 9.18 Å². The van der Waals surface area contributed by atoms with Gasteiger partial charge in [0.05, 0.1) is 5.69 Å². The molecule has 2 aromatic rings. The van der Waals surface area contributed by atoms with Gasteiger partial charge >= 0.3 is 0 Å². The van der Waals surface area contributed by atoms with Crippen LogP contribution in [0.15, 0.2) is 42.5 Å². The van der Waals surface area contributed by atoms with Gasteiger partial charge in [-0.1, -0.05) is 51.1 Å². The molecule has 0 atom stereocenters. The van der Waals surface area contributed by atoms with Gasteiger partial charge in [-0.25, -0.2) is 4.39 Å². The number of ketones is 1. The monoisotopic (exact) mass is 285 g/mol. The molecule has 2 aromatic carbocycles. The van der Waals surface area contributed by atoms with Crippen molar-refractivity contribution in [2.24, 2.45) is 0 Å². The van der Waals surface area contributed by atoms with Crippen molar-refractivity contribution in [3.63, 3.8) is 0 Å². The minimum Gasteiger partial charge on any atom is -0.396 e. The van der Waals surface area contributed by atoms with Gasteiger partial charge in [0.25, 0.3) is 0 Å². The van der Waals surface area contributed by atoms with Crippen molar-refractivity contribution in [2.75, 3.05) is 5.73 Å². The van der Waals surface area contributed by atoms with E-state index < -0.39 is 5.82 Å². The van der Waals surface area contributed by atoms with Gasteiger partial charge in [-0.05, 0) is 28.7 Å². The molecule has 3 heteroatoms. The van der Waals surface area contributed by atoms with E-state index in [4.69, 9.17) is 5.73 Å². The first-order chi connectivity index (χ1) is 9.79. The molecule has 2 rings (SSSR count). The summed E-state index contributed by atoms with van der Waals surface area (Å²) in [6, 6.07) is 12.2. The lowest BCUT2D eigenvalue weighted by atomic mass is 9.86. The molecule has 21 heavy (non-hydrogen) atoms. The summed E-state index contributed by atoms with van der Waals surface area (Å²) >= 11 is 0. The van der Waals surface area contributed by atoms with Crippen LogP contribution in [0.3, 0.4) is 0 Å². The molecule has 110 valence electrons. The summed E-state index contributed by atoms with van der Waals surface area (Å²) in [5.74, 6) is -0.723. The molecule has 0 saturated carbocycles. The van der Waals surface area contributed by atoms with Crippen molar-refractivity contribution < 1.29 is 9.18 Å². The number of hydrogen-bond acceptors (Lipinski definition) is 2. The van der Waals surface area contributed by atoms with Crippen LogP contribution in [0.25, 0.3) is 0 Å². The van der Waals surface area contributed by atoms with Crippen LogP contribution < -0.4 is 5.73 Å². The zero-order valence-electron chi connectivity index (χ0n) is 12.6. The summed E-state index contributed by atoms with van der Waals surface area (Å²) in [4.78, 5) is 12.2. The lowest BCUT2D eigenvalue weighted by molar-refractivity contribution is 0.0993. The van der Waals surface area contributed by atoms with Gasteiger partial charge in [0.1, 0.15) is 5.82 Å². The average molecular weight is 285 g/mol. The molecule has 0 fully saturated rings. The summed E-state index contributed by atoms with van der Waals surface area (Å²) < 4.78 is 13.4. The molecule has 0 spiro atoms. The fourth-order valence-corrected chi connectivity index (χ4v) is 2.18. The van der Waals surface area contributed by atoms with Crippen molar-refractivity contribution in [3.8, 4) is 0 Å². The zero-order valence-corrected chi connectivity index (χ0v) is 12.6. The van der Waals surface area contributed by atoms with E-state index in [1.165, 1.54) is 17.7 Å². The molecule has 0 heterocycles. The summed E-state index contributed by atoms with van der Waals surface area (Å²) in [5.41, 5.74) is 7.98. The van der Waals surface area contributed by atoms with Gasteiger partial charge in [0.2, 0.25) is 0 Å². The second-order valence-electron chi connectivity index (χ2n) is 6.25. The number of benzene rings is 2. The molecule has 0 aliphatic heterocycles. The van der Waals surface area contributed by atoms with Gasteiger partial charge in [0.15, 0.2) is 5.78 Å². The highest BCUT2D eigenvalue weighted by Crippen LogP contribution is 2.23. The number of Topliss-reactive ketones (excluding diaryl/α,β-unsaturated/α-hetero) is 1. The van der Waals surface area contributed by atoms with Gasteiger partial charge in [-0.3, -0.25) is 4.79 Å². The van der Waals surface area contributed by atoms with E-state index in [-0.39, 0.29) is 28.9 Å². The third kappa shape index (κ3) is 3.48. The number of para-hydroxylation sites is 1. The normalized spacial score (nSPS) is 11.4. The maximum absolute atomic E-state index is 13.4. The molecule has 0 amide bonds. The lowest BCUT2D eigenvalue weighted by Gasteiger charge is -2.19. The first-order valence-corrected chi connectivity index (χ1v) is 6.95. The van der Waals surface area contributed by atoms with Crippen molar-refractivity contribution in [1.82, 2.24) is 0 Å². The zero-order chi connectivity index (χ0) is 15.6. The number of rotatable bonds is 3. The quantitative estimate of drug-likeness (QED) is 0.680. The van der Waals surface area contributed by atoms with Crippen LogP contribution in [0.4, 0.5) is 10.1 Å². The number of nitrogen functional groups attached to an aromatic ring is 1. The fraction of sp³-hybridized carbons (Fsp3) is 0.278. The average Bonchev–Trinajstić information content (AvgIpc) is 2.41. The Balaban J connectivity index is 2.18. The summed E-state index contributed by atoms with van der Waals surface area (Å²) in [5, 5.41) is 0. The first-order valence-electron chi connectivity index (χ1n) is 6.95. The van der Waals surface area contributed by atoms with E-state index >= 15 is 0 Å². The SMILES string of the molecule is CC(C)(C)c1ccc(CC(=O)c2cccc(F)c2N)cc1. The topological polar surface area (TPSA) is 43.1 Å². The Morgan fingerprint density at radius 3 is 2.29 bits per heavy atom. The smallest absolute Gasteiger partial charge is 0.169 e. The highest BCUT2D eigenvalue weighted by Gasteiger charge is 2.15. The first kappa shape index (κ1) is 15.2. The van der Waals surface area contributed by atoms with Crippen molar-refractivity contribution in [3.05, 3.63) is 65.0 Å². The van der Waals surface area contributed by atoms with Crippen LogP contribution in [0.2, 0.25) is 0 Å². The Morgan fingerprint density at radius 2 is 1.71 bits per heavy atom. The molecule has 0 aliphatic carbocycles. The standard InChI is InChI=1S/C18H20FNO/c1-18(2,3)13-9-7-12(8-10-13)11-16(21)14-5-4-6-15(19)17(14)20/h4-10H,11,20H2,1-3H3. The lowest BCUT2D eigenvalue weighted by Crippen LogP contribution is -2.11. The third-order valence-electron chi connectivity index (χ3n) is 3.54. The van der Waals surface area contributed by atoms with Crippen LogP contribution in [0.5, 0.6) is 0 Å². The highest BCUT2D eigenvalue weighted by molar-refractivity contribution is 6.01. The molecular weight excluding hydrogens is 265 g/mol.